The molecular formula is C18H16F2N2O2. The van der Waals surface area contributed by atoms with Crippen molar-refractivity contribution in [2.24, 2.45) is 0 Å². The first-order valence-corrected chi connectivity index (χ1v) is 7.61. The molecule has 0 aliphatic carbocycles. The number of halogens is 2. The van der Waals surface area contributed by atoms with Crippen LogP contribution >= 0.6 is 0 Å². The van der Waals surface area contributed by atoms with E-state index in [0.29, 0.717) is 17.8 Å². The van der Waals surface area contributed by atoms with E-state index in [1.165, 1.54) is 29.2 Å². The molecule has 6 heteroatoms. The van der Waals surface area contributed by atoms with E-state index in [2.05, 4.69) is 5.32 Å². The summed E-state index contributed by atoms with van der Waals surface area (Å²) in [4.78, 5) is 25.6. The Morgan fingerprint density at radius 2 is 1.88 bits per heavy atom. The van der Waals surface area contributed by atoms with Crippen molar-refractivity contribution in [3.63, 3.8) is 0 Å². The van der Waals surface area contributed by atoms with Crippen LogP contribution in [0.4, 0.5) is 14.5 Å². The molecule has 1 fully saturated rings. The maximum atomic E-state index is 13.3. The van der Waals surface area contributed by atoms with E-state index in [9.17, 15) is 18.4 Å². The normalized spacial score (nSPS) is 17.2. The third kappa shape index (κ3) is 3.76. The van der Waals surface area contributed by atoms with Crippen LogP contribution in [-0.2, 0) is 16.0 Å². The number of hydrogen-bond donors (Lipinski definition) is 1. The van der Waals surface area contributed by atoms with E-state index in [0.717, 1.165) is 0 Å². The minimum Gasteiger partial charge on any atom is -0.351 e. The smallest absolute Gasteiger partial charge is 0.229 e. The Morgan fingerprint density at radius 3 is 2.58 bits per heavy atom. The Kier molecular flexibility index (Phi) is 4.55. The Hall–Kier alpha value is -2.76. The Labute approximate surface area is 138 Å². The molecule has 0 saturated carbocycles. The Morgan fingerprint density at radius 1 is 1.12 bits per heavy atom. The van der Waals surface area contributed by atoms with Crippen LogP contribution in [0.2, 0.25) is 0 Å². The summed E-state index contributed by atoms with van der Waals surface area (Å²) in [5, 5.41) is 2.80. The predicted molar refractivity (Wildman–Crippen MR) is 85.4 cm³/mol. The second-order valence-electron chi connectivity index (χ2n) is 5.76. The van der Waals surface area contributed by atoms with Crippen LogP contribution in [0.5, 0.6) is 0 Å². The molecule has 1 aliphatic heterocycles. The minimum atomic E-state index is -0.413. The van der Waals surface area contributed by atoms with Gasteiger partial charge in [0.15, 0.2) is 0 Å². The maximum Gasteiger partial charge on any atom is 0.229 e. The number of carbonyl (C=O) groups is 2. The molecule has 2 aromatic carbocycles. The van der Waals surface area contributed by atoms with E-state index in [4.69, 9.17) is 0 Å². The third-order valence-electron chi connectivity index (χ3n) is 3.89. The van der Waals surface area contributed by atoms with E-state index >= 15 is 0 Å². The molecule has 1 N–H and O–H groups in total. The number of hydrogen-bond acceptors (Lipinski definition) is 2. The van der Waals surface area contributed by atoms with Crippen molar-refractivity contribution in [3.8, 4) is 0 Å². The number of nitrogens with one attached hydrogen (secondary N) is 1. The summed E-state index contributed by atoms with van der Waals surface area (Å²) in [5.74, 6) is -1.16. The molecule has 0 spiro atoms. The molecular weight excluding hydrogens is 314 g/mol. The first-order chi connectivity index (χ1) is 11.5. The van der Waals surface area contributed by atoms with E-state index < -0.39 is 5.82 Å². The average Bonchev–Trinajstić information content (AvgIpc) is 2.90. The van der Waals surface area contributed by atoms with E-state index in [1.807, 2.05) is 0 Å². The number of rotatable bonds is 4. The minimum absolute atomic E-state index is 0.116. The van der Waals surface area contributed by atoms with Crippen LogP contribution in [0.3, 0.4) is 0 Å². The van der Waals surface area contributed by atoms with Gasteiger partial charge < -0.3 is 10.2 Å². The largest absolute Gasteiger partial charge is 0.351 e. The zero-order chi connectivity index (χ0) is 17.1. The van der Waals surface area contributed by atoms with Gasteiger partial charge in [-0.3, -0.25) is 9.59 Å². The zero-order valence-electron chi connectivity index (χ0n) is 12.8. The van der Waals surface area contributed by atoms with Crippen molar-refractivity contribution in [3.05, 3.63) is 65.7 Å². The first kappa shape index (κ1) is 16.1. The van der Waals surface area contributed by atoms with Gasteiger partial charge in [-0.25, -0.2) is 8.78 Å². The topological polar surface area (TPSA) is 49.4 Å². The summed E-state index contributed by atoms with van der Waals surface area (Å²) in [6, 6.07) is 11.2. The number of amides is 2. The van der Waals surface area contributed by atoms with Crippen LogP contribution < -0.4 is 10.2 Å². The highest BCUT2D eigenvalue weighted by atomic mass is 19.1. The van der Waals surface area contributed by atoms with Gasteiger partial charge in [0.25, 0.3) is 0 Å². The van der Waals surface area contributed by atoms with Gasteiger partial charge in [-0.1, -0.05) is 18.2 Å². The third-order valence-corrected chi connectivity index (χ3v) is 3.89. The van der Waals surface area contributed by atoms with Crippen molar-refractivity contribution in [1.29, 1.82) is 0 Å². The van der Waals surface area contributed by atoms with Gasteiger partial charge in [0.2, 0.25) is 11.8 Å². The lowest BCUT2D eigenvalue weighted by molar-refractivity contribution is -0.121. The SMILES string of the molecule is O=C(Cc1ccc(F)cc1)NC1CC(=O)N(c2cccc(F)c2)C1. The van der Waals surface area contributed by atoms with Crippen molar-refractivity contribution >= 4 is 17.5 Å². The molecule has 1 unspecified atom stereocenters. The quantitative estimate of drug-likeness (QED) is 0.936. The van der Waals surface area contributed by atoms with E-state index in [-0.39, 0.29) is 36.5 Å². The molecule has 1 atom stereocenters. The molecule has 4 nitrogen and oxygen atoms in total. The molecule has 3 rings (SSSR count). The van der Waals surface area contributed by atoms with Gasteiger partial charge in [0, 0.05) is 18.7 Å². The number of anilines is 1. The molecule has 24 heavy (non-hydrogen) atoms. The van der Waals surface area contributed by atoms with Gasteiger partial charge in [0.05, 0.1) is 12.5 Å². The summed E-state index contributed by atoms with van der Waals surface area (Å²) in [5.41, 5.74) is 1.18. The van der Waals surface area contributed by atoms with Crippen molar-refractivity contribution in [1.82, 2.24) is 5.32 Å². The Balaban J connectivity index is 1.59. The van der Waals surface area contributed by atoms with Crippen LogP contribution in [-0.4, -0.2) is 24.4 Å². The zero-order valence-corrected chi connectivity index (χ0v) is 12.8. The summed E-state index contributed by atoms with van der Waals surface area (Å²) >= 11 is 0. The lowest BCUT2D eigenvalue weighted by Crippen LogP contribution is -2.38. The molecule has 1 saturated heterocycles. The van der Waals surface area contributed by atoms with Crippen LogP contribution in [0.15, 0.2) is 48.5 Å². The summed E-state index contributed by atoms with van der Waals surface area (Å²) in [6.07, 6.45) is 0.288. The van der Waals surface area contributed by atoms with Crippen LogP contribution in [0.1, 0.15) is 12.0 Å². The summed E-state index contributed by atoms with van der Waals surface area (Å²) < 4.78 is 26.1. The molecule has 2 aromatic rings. The highest BCUT2D eigenvalue weighted by Crippen LogP contribution is 2.22. The molecule has 1 heterocycles. The lowest BCUT2D eigenvalue weighted by Gasteiger charge is -2.17. The first-order valence-electron chi connectivity index (χ1n) is 7.61. The number of carbonyl (C=O) groups excluding carboxylic acids is 2. The molecule has 0 bridgehead atoms. The molecule has 1 aliphatic rings. The standard InChI is InChI=1S/C18H16F2N2O2/c19-13-6-4-12(5-7-13)8-17(23)21-15-10-18(24)22(11-15)16-3-1-2-14(20)9-16/h1-7,9,15H,8,10-11H2,(H,21,23). The van der Waals surface area contributed by atoms with Crippen LogP contribution in [0, 0.1) is 11.6 Å². The fourth-order valence-electron chi connectivity index (χ4n) is 2.76. The van der Waals surface area contributed by atoms with Gasteiger partial charge in [-0.2, -0.15) is 0 Å². The molecule has 0 aromatic heterocycles. The monoisotopic (exact) mass is 330 g/mol. The molecule has 2 amide bonds. The Bertz CT molecular complexity index is 762. The fourth-order valence-corrected chi connectivity index (χ4v) is 2.76. The van der Waals surface area contributed by atoms with Crippen molar-refractivity contribution in [2.75, 3.05) is 11.4 Å². The van der Waals surface area contributed by atoms with E-state index in [1.54, 1.807) is 24.3 Å². The van der Waals surface area contributed by atoms with Gasteiger partial charge in [-0.05, 0) is 35.9 Å². The molecule has 0 radical (unpaired) electrons. The second kappa shape index (κ2) is 6.78. The lowest BCUT2D eigenvalue weighted by atomic mass is 10.1. The van der Waals surface area contributed by atoms with Crippen LogP contribution in [0.25, 0.3) is 0 Å². The highest BCUT2D eigenvalue weighted by Gasteiger charge is 2.31. The average molecular weight is 330 g/mol. The molecule has 124 valence electrons. The van der Waals surface area contributed by atoms with Crippen molar-refractivity contribution in [2.45, 2.75) is 18.9 Å². The second-order valence-corrected chi connectivity index (χ2v) is 5.76. The summed E-state index contributed by atoms with van der Waals surface area (Å²) in [7, 11) is 0. The fraction of sp³-hybridized carbons (Fsp3) is 0.222. The predicted octanol–water partition coefficient (Wildman–Crippen LogP) is 2.43. The highest BCUT2D eigenvalue weighted by molar-refractivity contribution is 5.96. The number of nitrogens with zero attached hydrogens (tertiary/aromatic N) is 1. The maximum absolute atomic E-state index is 13.3. The van der Waals surface area contributed by atoms with Gasteiger partial charge >= 0.3 is 0 Å². The van der Waals surface area contributed by atoms with Gasteiger partial charge in [0.1, 0.15) is 11.6 Å². The number of benzene rings is 2. The van der Waals surface area contributed by atoms with Crippen molar-refractivity contribution < 1.29 is 18.4 Å². The van der Waals surface area contributed by atoms with Gasteiger partial charge in [-0.15, -0.1) is 0 Å². The summed E-state index contributed by atoms with van der Waals surface area (Å²) in [6.45, 7) is 0.303.